The van der Waals surface area contributed by atoms with E-state index in [9.17, 15) is 4.79 Å². The first kappa shape index (κ1) is 25.0. The van der Waals surface area contributed by atoms with Gasteiger partial charge in [0.1, 0.15) is 5.69 Å². The smallest absolute Gasteiger partial charge is 0.292 e. The summed E-state index contributed by atoms with van der Waals surface area (Å²) in [7, 11) is 4.19. The number of hydrogen-bond acceptors (Lipinski definition) is 5. The van der Waals surface area contributed by atoms with Crippen LogP contribution in [0.4, 0.5) is 0 Å². The maximum atomic E-state index is 13.2. The van der Waals surface area contributed by atoms with Crippen molar-refractivity contribution < 1.29 is 9.32 Å². The molecule has 0 N–H and O–H groups in total. The Kier molecular flexibility index (Phi) is 7.51. The van der Waals surface area contributed by atoms with Crippen molar-refractivity contribution >= 4 is 5.91 Å². The maximum absolute atomic E-state index is 13.2. The fourth-order valence-corrected chi connectivity index (χ4v) is 5.49. The number of rotatable bonds is 8. The summed E-state index contributed by atoms with van der Waals surface area (Å²) < 4.78 is 7.34. The van der Waals surface area contributed by atoms with Crippen LogP contribution in [-0.4, -0.2) is 56.8 Å². The van der Waals surface area contributed by atoms with Crippen LogP contribution in [0.1, 0.15) is 40.2 Å². The number of likely N-dealkylation sites (N-methyl/N-ethyl adjacent to an activating group) is 1. The molecule has 5 rings (SSSR count). The Morgan fingerprint density at radius 3 is 2.41 bits per heavy atom. The zero-order chi connectivity index (χ0) is 25.8. The number of aryl methyl sites for hydroxylation is 2. The molecule has 0 aliphatic carbocycles. The van der Waals surface area contributed by atoms with E-state index in [4.69, 9.17) is 4.52 Å². The number of aromatic nitrogens is 3. The highest BCUT2D eigenvalue weighted by Crippen LogP contribution is 2.29. The second-order valence-corrected chi connectivity index (χ2v) is 10.2. The summed E-state index contributed by atoms with van der Waals surface area (Å²) in [5.41, 5.74) is 5.31. The highest BCUT2D eigenvalue weighted by Gasteiger charge is 2.32. The molecule has 192 valence electrons. The van der Waals surface area contributed by atoms with E-state index >= 15 is 0 Å². The topological polar surface area (TPSA) is 67.4 Å². The van der Waals surface area contributed by atoms with E-state index in [1.54, 1.807) is 6.07 Å². The average Bonchev–Trinajstić information content (AvgIpc) is 3.54. The lowest BCUT2D eigenvalue weighted by atomic mass is 9.84. The van der Waals surface area contributed by atoms with Crippen molar-refractivity contribution in [3.63, 3.8) is 0 Å². The summed E-state index contributed by atoms with van der Waals surface area (Å²) in [5, 5.41) is 8.66. The summed E-state index contributed by atoms with van der Waals surface area (Å²) in [5.74, 6) is 0.718. The van der Waals surface area contributed by atoms with E-state index in [2.05, 4.69) is 65.7 Å². The third-order valence-electron chi connectivity index (χ3n) is 7.55. The van der Waals surface area contributed by atoms with E-state index in [0.29, 0.717) is 23.4 Å². The molecule has 1 saturated heterocycles. The van der Waals surface area contributed by atoms with Crippen LogP contribution < -0.4 is 0 Å². The lowest BCUT2D eigenvalue weighted by Gasteiger charge is -2.40. The Bertz CT molecular complexity index is 1310. The van der Waals surface area contributed by atoms with Crippen molar-refractivity contribution in [1.29, 1.82) is 0 Å². The van der Waals surface area contributed by atoms with Crippen molar-refractivity contribution in [2.75, 3.05) is 20.1 Å². The third kappa shape index (κ3) is 5.83. The lowest BCUT2D eigenvalue weighted by molar-refractivity contribution is 0.0566. The van der Waals surface area contributed by atoms with Crippen LogP contribution in [0.3, 0.4) is 0 Å². The Morgan fingerprint density at radius 1 is 1.08 bits per heavy atom. The summed E-state index contributed by atoms with van der Waals surface area (Å²) in [6, 6.07) is 22.6. The SMILES string of the molecule is Cc1nn(C)cc1CN(C)C(Cc1ccccc1)C1CCN(C(=O)c2cc(-c3ccccc3)no2)CC1. The molecule has 1 aliphatic rings. The molecule has 3 heterocycles. The van der Waals surface area contributed by atoms with Crippen LogP contribution in [0.2, 0.25) is 0 Å². The first-order valence-corrected chi connectivity index (χ1v) is 13.0. The van der Waals surface area contributed by atoms with Gasteiger partial charge in [-0.25, -0.2) is 0 Å². The second-order valence-electron chi connectivity index (χ2n) is 10.2. The lowest BCUT2D eigenvalue weighted by Crippen LogP contribution is -2.46. The zero-order valence-corrected chi connectivity index (χ0v) is 21.9. The highest BCUT2D eigenvalue weighted by molar-refractivity contribution is 5.92. The third-order valence-corrected chi connectivity index (χ3v) is 7.55. The van der Waals surface area contributed by atoms with Gasteiger partial charge in [-0.1, -0.05) is 65.8 Å². The Balaban J connectivity index is 1.26. The molecule has 1 atom stereocenters. The van der Waals surface area contributed by atoms with Crippen LogP contribution in [0.15, 0.2) is 77.4 Å². The van der Waals surface area contributed by atoms with Crippen LogP contribution in [0, 0.1) is 12.8 Å². The number of nitrogens with zero attached hydrogens (tertiary/aromatic N) is 5. The quantitative estimate of drug-likeness (QED) is 0.344. The van der Waals surface area contributed by atoms with Gasteiger partial charge in [0.25, 0.3) is 5.91 Å². The van der Waals surface area contributed by atoms with E-state index in [1.807, 2.05) is 47.0 Å². The van der Waals surface area contributed by atoms with Gasteiger partial charge in [-0.15, -0.1) is 0 Å². The van der Waals surface area contributed by atoms with Crippen molar-refractivity contribution in [2.24, 2.45) is 13.0 Å². The molecule has 7 nitrogen and oxygen atoms in total. The standard InChI is InChI=1S/C30H35N5O2/c1-22-26(21-34(3)31-22)20-33(2)28(18-23-10-6-4-7-11-23)25-14-16-35(17-15-25)30(36)29-19-27(32-37-29)24-12-8-5-9-13-24/h4-13,19,21,25,28H,14-18,20H2,1-3H3. The number of hydrogen-bond donors (Lipinski definition) is 0. The molecule has 4 aromatic rings. The van der Waals surface area contributed by atoms with Gasteiger partial charge in [-0.2, -0.15) is 5.10 Å². The molecule has 1 amide bonds. The number of carbonyl (C=O) groups is 1. The largest absolute Gasteiger partial charge is 0.350 e. The summed E-state index contributed by atoms with van der Waals surface area (Å²) in [6.07, 6.45) is 5.02. The minimum atomic E-state index is -0.0768. The normalized spacial score (nSPS) is 15.3. The van der Waals surface area contributed by atoms with Gasteiger partial charge in [0, 0.05) is 56.1 Å². The number of carbonyl (C=O) groups excluding carboxylic acids is 1. The number of amides is 1. The summed E-state index contributed by atoms with van der Waals surface area (Å²) in [4.78, 5) is 17.6. The van der Waals surface area contributed by atoms with Crippen LogP contribution in [0.5, 0.6) is 0 Å². The maximum Gasteiger partial charge on any atom is 0.292 e. The Hall–Kier alpha value is -3.71. The predicted molar refractivity (Wildman–Crippen MR) is 144 cm³/mol. The molecule has 2 aromatic carbocycles. The van der Waals surface area contributed by atoms with Gasteiger partial charge in [0.2, 0.25) is 5.76 Å². The van der Waals surface area contributed by atoms with Gasteiger partial charge in [0.05, 0.1) is 5.69 Å². The van der Waals surface area contributed by atoms with Crippen molar-refractivity contribution in [1.82, 2.24) is 24.7 Å². The van der Waals surface area contributed by atoms with Gasteiger partial charge in [-0.05, 0) is 44.7 Å². The van der Waals surface area contributed by atoms with Crippen LogP contribution in [-0.2, 0) is 20.0 Å². The van der Waals surface area contributed by atoms with Crippen LogP contribution >= 0.6 is 0 Å². The van der Waals surface area contributed by atoms with Gasteiger partial charge in [0.15, 0.2) is 0 Å². The fourth-order valence-electron chi connectivity index (χ4n) is 5.49. The molecule has 1 fully saturated rings. The molecule has 1 unspecified atom stereocenters. The summed E-state index contributed by atoms with van der Waals surface area (Å²) >= 11 is 0. The Morgan fingerprint density at radius 2 is 1.76 bits per heavy atom. The Labute approximate surface area is 218 Å². The van der Waals surface area contributed by atoms with E-state index in [1.165, 1.54) is 11.1 Å². The monoisotopic (exact) mass is 497 g/mol. The van der Waals surface area contributed by atoms with Gasteiger partial charge in [-0.3, -0.25) is 14.4 Å². The summed E-state index contributed by atoms with van der Waals surface area (Å²) in [6.45, 7) is 4.37. The fraction of sp³-hybridized carbons (Fsp3) is 0.367. The minimum absolute atomic E-state index is 0.0768. The number of likely N-dealkylation sites (tertiary alicyclic amines) is 1. The number of benzene rings is 2. The van der Waals surface area contributed by atoms with Crippen molar-refractivity contribution in [3.8, 4) is 11.3 Å². The van der Waals surface area contributed by atoms with Crippen molar-refractivity contribution in [3.05, 3.63) is 95.5 Å². The van der Waals surface area contributed by atoms with E-state index in [-0.39, 0.29) is 5.91 Å². The molecule has 0 spiro atoms. The molecule has 1 aliphatic heterocycles. The molecule has 37 heavy (non-hydrogen) atoms. The van der Waals surface area contributed by atoms with Crippen LogP contribution in [0.25, 0.3) is 11.3 Å². The van der Waals surface area contributed by atoms with E-state index < -0.39 is 0 Å². The van der Waals surface area contributed by atoms with Crippen molar-refractivity contribution in [2.45, 2.75) is 38.8 Å². The molecule has 0 saturated carbocycles. The minimum Gasteiger partial charge on any atom is -0.350 e. The number of piperidine rings is 1. The van der Waals surface area contributed by atoms with Gasteiger partial charge < -0.3 is 9.42 Å². The average molecular weight is 498 g/mol. The molecule has 0 radical (unpaired) electrons. The first-order chi connectivity index (χ1) is 18.0. The van der Waals surface area contributed by atoms with E-state index in [0.717, 1.165) is 50.2 Å². The molecular weight excluding hydrogens is 462 g/mol. The highest BCUT2D eigenvalue weighted by atomic mass is 16.5. The second kappa shape index (κ2) is 11.1. The first-order valence-electron chi connectivity index (χ1n) is 13.0. The predicted octanol–water partition coefficient (Wildman–Crippen LogP) is 4.98. The molecule has 0 bridgehead atoms. The van der Waals surface area contributed by atoms with Gasteiger partial charge >= 0.3 is 0 Å². The molecular formula is C30H35N5O2. The molecule has 2 aromatic heterocycles. The molecule has 7 heteroatoms. The zero-order valence-electron chi connectivity index (χ0n) is 21.9.